The van der Waals surface area contributed by atoms with Crippen LogP contribution in [0.2, 0.25) is 5.02 Å². The molecule has 0 aliphatic rings. The molecule has 0 saturated carbocycles. The summed E-state index contributed by atoms with van der Waals surface area (Å²) in [4.78, 5) is 14.3. The van der Waals surface area contributed by atoms with E-state index in [1.54, 1.807) is 18.2 Å². The standard InChI is InChI=1S/C19H24ClN3O3S/c1-15-9-10-17(13-18(15)20)23(27(3,25)26)14-19(24)21-11-12-22(2)16-7-5-4-6-8-16/h4-10,13H,11-12,14H2,1-3H3,(H,21,24). The summed E-state index contributed by atoms with van der Waals surface area (Å²) >= 11 is 6.09. The van der Waals surface area contributed by atoms with Gasteiger partial charge in [0.25, 0.3) is 0 Å². The fourth-order valence-electron chi connectivity index (χ4n) is 2.50. The number of rotatable bonds is 8. The summed E-state index contributed by atoms with van der Waals surface area (Å²) in [6.45, 7) is 2.53. The Labute approximate surface area is 165 Å². The zero-order valence-corrected chi connectivity index (χ0v) is 17.2. The fourth-order valence-corrected chi connectivity index (χ4v) is 3.52. The van der Waals surface area contributed by atoms with Crippen LogP contribution in [0.3, 0.4) is 0 Å². The molecule has 146 valence electrons. The van der Waals surface area contributed by atoms with E-state index in [2.05, 4.69) is 5.32 Å². The SMILES string of the molecule is Cc1ccc(N(CC(=O)NCCN(C)c2ccccc2)S(C)(=O)=O)cc1Cl. The summed E-state index contributed by atoms with van der Waals surface area (Å²) in [5, 5.41) is 3.21. The van der Waals surface area contributed by atoms with E-state index >= 15 is 0 Å². The van der Waals surface area contributed by atoms with Gasteiger partial charge in [0.15, 0.2) is 0 Å². The van der Waals surface area contributed by atoms with E-state index in [4.69, 9.17) is 11.6 Å². The van der Waals surface area contributed by atoms with Gasteiger partial charge in [-0.3, -0.25) is 9.10 Å². The number of carbonyl (C=O) groups is 1. The van der Waals surface area contributed by atoms with E-state index in [-0.39, 0.29) is 12.5 Å². The van der Waals surface area contributed by atoms with Crippen LogP contribution in [0.15, 0.2) is 48.5 Å². The van der Waals surface area contributed by atoms with Crippen LogP contribution in [0.4, 0.5) is 11.4 Å². The number of halogens is 1. The fraction of sp³-hybridized carbons (Fsp3) is 0.316. The van der Waals surface area contributed by atoms with Gasteiger partial charge < -0.3 is 10.2 Å². The molecule has 0 unspecified atom stereocenters. The lowest BCUT2D eigenvalue weighted by molar-refractivity contribution is -0.119. The normalized spacial score (nSPS) is 11.1. The van der Waals surface area contributed by atoms with Gasteiger partial charge in [-0.25, -0.2) is 8.42 Å². The third-order valence-electron chi connectivity index (χ3n) is 4.10. The Morgan fingerprint density at radius 2 is 1.78 bits per heavy atom. The van der Waals surface area contributed by atoms with Crippen LogP contribution in [-0.4, -0.2) is 47.3 Å². The summed E-state index contributed by atoms with van der Waals surface area (Å²) in [5.74, 6) is -0.376. The number of para-hydroxylation sites is 1. The second-order valence-corrected chi connectivity index (χ2v) is 8.62. The number of likely N-dealkylation sites (N-methyl/N-ethyl adjacent to an activating group) is 1. The molecule has 0 bridgehead atoms. The summed E-state index contributed by atoms with van der Waals surface area (Å²) < 4.78 is 25.3. The van der Waals surface area contributed by atoms with Crippen LogP contribution in [0.5, 0.6) is 0 Å². The molecule has 1 N–H and O–H groups in total. The molecular weight excluding hydrogens is 386 g/mol. The highest BCUT2D eigenvalue weighted by atomic mass is 35.5. The number of nitrogens with zero attached hydrogens (tertiary/aromatic N) is 2. The van der Waals surface area contributed by atoms with Crippen LogP contribution in [-0.2, 0) is 14.8 Å². The highest BCUT2D eigenvalue weighted by molar-refractivity contribution is 7.92. The van der Waals surface area contributed by atoms with E-state index < -0.39 is 10.0 Å². The van der Waals surface area contributed by atoms with Crippen LogP contribution in [0, 0.1) is 6.92 Å². The van der Waals surface area contributed by atoms with Crippen molar-refractivity contribution in [3.05, 3.63) is 59.1 Å². The number of benzene rings is 2. The molecule has 1 amide bonds. The highest BCUT2D eigenvalue weighted by Crippen LogP contribution is 2.24. The molecule has 0 spiro atoms. The highest BCUT2D eigenvalue weighted by Gasteiger charge is 2.21. The van der Waals surface area contributed by atoms with Gasteiger partial charge in [0.2, 0.25) is 15.9 Å². The van der Waals surface area contributed by atoms with Gasteiger partial charge in [0, 0.05) is 30.8 Å². The molecule has 0 saturated heterocycles. The number of hydrogen-bond donors (Lipinski definition) is 1. The molecule has 0 heterocycles. The van der Waals surface area contributed by atoms with Crippen LogP contribution in [0.25, 0.3) is 0 Å². The molecule has 0 atom stereocenters. The molecule has 2 rings (SSSR count). The molecule has 0 aliphatic heterocycles. The van der Waals surface area contributed by atoms with Crippen molar-refractivity contribution in [3.63, 3.8) is 0 Å². The number of nitrogens with one attached hydrogen (secondary N) is 1. The molecule has 0 aliphatic carbocycles. The molecule has 0 fully saturated rings. The van der Waals surface area contributed by atoms with Crippen molar-refractivity contribution in [2.24, 2.45) is 0 Å². The maximum absolute atomic E-state index is 12.3. The van der Waals surface area contributed by atoms with E-state index in [1.807, 2.05) is 49.2 Å². The number of carbonyl (C=O) groups excluding carboxylic acids is 1. The number of hydrogen-bond acceptors (Lipinski definition) is 4. The Balaban J connectivity index is 1.97. The first-order valence-corrected chi connectivity index (χ1v) is 10.7. The first-order valence-electron chi connectivity index (χ1n) is 8.45. The van der Waals surface area contributed by atoms with Crippen LogP contribution in [0.1, 0.15) is 5.56 Å². The van der Waals surface area contributed by atoms with Gasteiger partial charge in [-0.2, -0.15) is 0 Å². The van der Waals surface area contributed by atoms with Gasteiger partial charge in [-0.1, -0.05) is 35.9 Å². The molecule has 2 aromatic rings. The van der Waals surface area contributed by atoms with Crippen molar-refractivity contribution in [1.82, 2.24) is 5.32 Å². The average Bonchev–Trinajstić information content (AvgIpc) is 2.62. The Morgan fingerprint density at radius 1 is 1.11 bits per heavy atom. The zero-order valence-electron chi connectivity index (χ0n) is 15.6. The smallest absolute Gasteiger partial charge is 0.240 e. The lowest BCUT2D eigenvalue weighted by atomic mass is 10.2. The molecule has 8 heteroatoms. The summed E-state index contributed by atoms with van der Waals surface area (Å²) in [5.41, 5.74) is 2.24. The van der Waals surface area contributed by atoms with E-state index in [0.717, 1.165) is 21.8 Å². The third-order valence-corrected chi connectivity index (χ3v) is 5.65. The molecular formula is C19H24ClN3O3S. The topological polar surface area (TPSA) is 69.7 Å². The van der Waals surface area contributed by atoms with Crippen molar-refractivity contribution in [2.75, 3.05) is 42.1 Å². The third kappa shape index (κ3) is 6.15. The molecule has 27 heavy (non-hydrogen) atoms. The molecule has 2 aromatic carbocycles. The maximum atomic E-state index is 12.3. The monoisotopic (exact) mass is 409 g/mol. The first-order chi connectivity index (χ1) is 12.7. The van der Waals surface area contributed by atoms with Gasteiger partial charge in [0.1, 0.15) is 6.54 Å². The van der Waals surface area contributed by atoms with Gasteiger partial charge >= 0.3 is 0 Å². The Bertz CT molecular complexity index is 888. The summed E-state index contributed by atoms with van der Waals surface area (Å²) in [6.07, 6.45) is 1.07. The number of aryl methyl sites for hydroxylation is 1. The van der Waals surface area contributed by atoms with Crippen LogP contribution >= 0.6 is 11.6 Å². The predicted octanol–water partition coefficient (Wildman–Crippen LogP) is 2.67. The number of sulfonamides is 1. The van der Waals surface area contributed by atoms with Gasteiger partial charge in [-0.15, -0.1) is 0 Å². The maximum Gasteiger partial charge on any atom is 0.240 e. The van der Waals surface area contributed by atoms with Crippen molar-refractivity contribution < 1.29 is 13.2 Å². The van der Waals surface area contributed by atoms with E-state index in [0.29, 0.717) is 23.8 Å². The average molecular weight is 410 g/mol. The lowest BCUT2D eigenvalue weighted by Gasteiger charge is -2.23. The minimum absolute atomic E-state index is 0.298. The second-order valence-electron chi connectivity index (χ2n) is 6.31. The molecule has 0 radical (unpaired) electrons. The van der Waals surface area contributed by atoms with Crippen molar-refractivity contribution in [1.29, 1.82) is 0 Å². The van der Waals surface area contributed by atoms with Gasteiger partial charge in [0.05, 0.1) is 11.9 Å². The molecule has 0 aromatic heterocycles. The summed E-state index contributed by atoms with van der Waals surface area (Å²) in [7, 11) is -1.69. The summed E-state index contributed by atoms with van der Waals surface area (Å²) in [6, 6.07) is 14.7. The first kappa shape index (κ1) is 21.1. The van der Waals surface area contributed by atoms with Crippen molar-refractivity contribution in [3.8, 4) is 0 Å². The minimum Gasteiger partial charge on any atom is -0.373 e. The number of amides is 1. The Hall–Kier alpha value is -2.25. The second kappa shape index (κ2) is 9.10. The van der Waals surface area contributed by atoms with Crippen LogP contribution < -0.4 is 14.5 Å². The Morgan fingerprint density at radius 3 is 2.37 bits per heavy atom. The minimum atomic E-state index is -3.62. The Kier molecular flexibility index (Phi) is 7.10. The van der Waals surface area contributed by atoms with E-state index in [9.17, 15) is 13.2 Å². The quantitative estimate of drug-likeness (QED) is 0.727. The predicted molar refractivity (Wildman–Crippen MR) is 111 cm³/mol. The largest absolute Gasteiger partial charge is 0.373 e. The zero-order chi connectivity index (χ0) is 20.0. The van der Waals surface area contributed by atoms with Crippen molar-refractivity contribution >= 4 is 38.9 Å². The number of anilines is 2. The molecule has 6 nitrogen and oxygen atoms in total. The van der Waals surface area contributed by atoms with Gasteiger partial charge in [-0.05, 0) is 36.8 Å². The van der Waals surface area contributed by atoms with E-state index in [1.165, 1.54) is 0 Å². The van der Waals surface area contributed by atoms with Crippen molar-refractivity contribution in [2.45, 2.75) is 6.92 Å². The lowest BCUT2D eigenvalue weighted by Crippen LogP contribution is -2.42.